The molecule has 0 aliphatic rings. The van der Waals surface area contributed by atoms with Crippen LogP contribution in [0.15, 0.2) is 46.9 Å². The van der Waals surface area contributed by atoms with E-state index in [9.17, 15) is 4.79 Å². The minimum absolute atomic E-state index is 0.409. The van der Waals surface area contributed by atoms with Gasteiger partial charge in [0, 0.05) is 30.7 Å². The van der Waals surface area contributed by atoms with Gasteiger partial charge in [-0.2, -0.15) is 0 Å². The van der Waals surface area contributed by atoms with E-state index in [0.29, 0.717) is 12.1 Å². The molecule has 0 unspecified atom stereocenters. The normalized spacial score (nSPS) is 10.2. The number of nitrogens with two attached hydrogens (primary N) is 1. The highest BCUT2D eigenvalue weighted by molar-refractivity contribution is 9.10. The summed E-state index contributed by atoms with van der Waals surface area (Å²) in [4.78, 5) is 13.3. The Morgan fingerprint density at radius 3 is 2.67 bits per heavy atom. The number of hydrogen-bond acceptors (Lipinski definition) is 3. The van der Waals surface area contributed by atoms with Gasteiger partial charge in [0.25, 0.3) is 0 Å². The molecule has 0 aromatic heterocycles. The second kappa shape index (κ2) is 6.63. The molecule has 0 fully saturated rings. The lowest BCUT2D eigenvalue weighted by Crippen LogP contribution is -2.13. The zero-order valence-electron chi connectivity index (χ0n) is 12.1. The van der Waals surface area contributed by atoms with E-state index in [2.05, 4.69) is 26.1 Å². The van der Waals surface area contributed by atoms with Crippen molar-refractivity contribution in [1.29, 1.82) is 0 Å². The van der Waals surface area contributed by atoms with Gasteiger partial charge < -0.3 is 16.0 Å². The van der Waals surface area contributed by atoms with Gasteiger partial charge in [-0.05, 0) is 35.9 Å². The molecule has 2 rings (SSSR count). The van der Waals surface area contributed by atoms with Crippen molar-refractivity contribution in [2.45, 2.75) is 6.54 Å². The van der Waals surface area contributed by atoms with Gasteiger partial charge in [0.2, 0.25) is 5.91 Å². The average molecular weight is 348 g/mol. The molecule has 0 bridgehead atoms. The lowest BCUT2D eigenvalue weighted by atomic mass is 10.1. The van der Waals surface area contributed by atoms with E-state index in [1.807, 2.05) is 50.5 Å². The maximum atomic E-state index is 11.2. The Kier molecular flexibility index (Phi) is 4.85. The van der Waals surface area contributed by atoms with Gasteiger partial charge in [-0.15, -0.1) is 0 Å². The number of carbonyl (C=O) groups excluding carboxylic acids is 1. The zero-order valence-corrected chi connectivity index (χ0v) is 13.6. The summed E-state index contributed by atoms with van der Waals surface area (Å²) in [6.45, 7) is 0.623. The molecule has 110 valence electrons. The van der Waals surface area contributed by atoms with Crippen LogP contribution in [0.4, 0.5) is 11.4 Å². The van der Waals surface area contributed by atoms with Crippen molar-refractivity contribution < 1.29 is 4.79 Å². The number of halogens is 1. The van der Waals surface area contributed by atoms with Crippen molar-refractivity contribution in [3.8, 4) is 0 Å². The van der Waals surface area contributed by atoms with Gasteiger partial charge >= 0.3 is 0 Å². The molecule has 0 saturated heterocycles. The Bertz CT molecular complexity index is 656. The van der Waals surface area contributed by atoms with Crippen LogP contribution < -0.4 is 16.0 Å². The van der Waals surface area contributed by atoms with Gasteiger partial charge in [-0.1, -0.05) is 28.1 Å². The second-order valence-electron chi connectivity index (χ2n) is 4.97. The molecule has 21 heavy (non-hydrogen) atoms. The SMILES string of the molecule is CN(C)c1ccc(Br)cc1NCc1cccc(C(N)=O)c1. The number of anilines is 2. The summed E-state index contributed by atoms with van der Waals surface area (Å²) in [5, 5.41) is 3.39. The van der Waals surface area contributed by atoms with Crippen LogP contribution in [0.2, 0.25) is 0 Å². The van der Waals surface area contributed by atoms with E-state index in [4.69, 9.17) is 5.73 Å². The quantitative estimate of drug-likeness (QED) is 0.872. The summed E-state index contributed by atoms with van der Waals surface area (Å²) in [7, 11) is 4.00. The zero-order chi connectivity index (χ0) is 15.4. The molecule has 2 aromatic rings. The van der Waals surface area contributed by atoms with Crippen molar-refractivity contribution in [1.82, 2.24) is 0 Å². The number of hydrogen-bond donors (Lipinski definition) is 2. The molecule has 0 heterocycles. The maximum absolute atomic E-state index is 11.2. The monoisotopic (exact) mass is 347 g/mol. The fourth-order valence-corrected chi connectivity index (χ4v) is 2.43. The maximum Gasteiger partial charge on any atom is 0.248 e. The molecule has 1 amide bonds. The van der Waals surface area contributed by atoms with Crippen LogP contribution in [-0.4, -0.2) is 20.0 Å². The third-order valence-corrected chi connectivity index (χ3v) is 3.63. The van der Waals surface area contributed by atoms with Gasteiger partial charge in [0.05, 0.1) is 11.4 Å². The van der Waals surface area contributed by atoms with Gasteiger partial charge in [-0.25, -0.2) is 0 Å². The number of carbonyl (C=O) groups is 1. The molecule has 0 spiro atoms. The first kappa shape index (κ1) is 15.4. The minimum atomic E-state index is -0.409. The highest BCUT2D eigenvalue weighted by Crippen LogP contribution is 2.28. The Labute approximate surface area is 133 Å². The number of benzene rings is 2. The van der Waals surface area contributed by atoms with Crippen LogP contribution in [0.3, 0.4) is 0 Å². The van der Waals surface area contributed by atoms with Crippen LogP contribution >= 0.6 is 15.9 Å². The standard InChI is InChI=1S/C16H18BrN3O/c1-20(2)15-7-6-13(17)9-14(15)19-10-11-4-3-5-12(8-11)16(18)21/h3-9,19H,10H2,1-2H3,(H2,18,21). The van der Waals surface area contributed by atoms with Crippen LogP contribution in [0.1, 0.15) is 15.9 Å². The summed E-state index contributed by atoms with van der Waals surface area (Å²) in [6.07, 6.45) is 0. The minimum Gasteiger partial charge on any atom is -0.379 e. The predicted molar refractivity (Wildman–Crippen MR) is 90.8 cm³/mol. The molecule has 2 aromatic carbocycles. The van der Waals surface area contributed by atoms with Crippen molar-refractivity contribution >= 4 is 33.2 Å². The first-order valence-electron chi connectivity index (χ1n) is 6.57. The Hall–Kier alpha value is -2.01. The van der Waals surface area contributed by atoms with Crippen molar-refractivity contribution in [3.05, 3.63) is 58.1 Å². The third-order valence-electron chi connectivity index (χ3n) is 3.13. The van der Waals surface area contributed by atoms with E-state index in [-0.39, 0.29) is 0 Å². The molecule has 0 saturated carbocycles. The van der Waals surface area contributed by atoms with Gasteiger partial charge in [0.1, 0.15) is 0 Å². The van der Waals surface area contributed by atoms with E-state index >= 15 is 0 Å². The average Bonchev–Trinajstić information content (AvgIpc) is 2.45. The number of nitrogens with one attached hydrogen (secondary N) is 1. The van der Waals surface area contributed by atoms with Crippen LogP contribution in [-0.2, 0) is 6.54 Å². The molecule has 0 aliphatic heterocycles. The van der Waals surface area contributed by atoms with Crippen molar-refractivity contribution in [2.24, 2.45) is 5.73 Å². The number of rotatable bonds is 5. The predicted octanol–water partition coefficient (Wildman–Crippen LogP) is 3.23. The molecule has 3 N–H and O–H groups in total. The Balaban J connectivity index is 2.18. The lowest BCUT2D eigenvalue weighted by molar-refractivity contribution is 0.1000. The summed E-state index contributed by atoms with van der Waals surface area (Å²) in [5.74, 6) is -0.409. The lowest BCUT2D eigenvalue weighted by Gasteiger charge is -2.19. The second-order valence-corrected chi connectivity index (χ2v) is 5.89. The molecule has 0 aliphatic carbocycles. The number of amides is 1. The van der Waals surface area contributed by atoms with Crippen LogP contribution in [0, 0.1) is 0 Å². The van der Waals surface area contributed by atoms with Gasteiger partial charge in [0.15, 0.2) is 0 Å². The topological polar surface area (TPSA) is 58.4 Å². The van der Waals surface area contributed by atoms with E-state index < -0.39 is 5.91 Å². The number of primary amides is 1. The van der Waals surface area contributed by atoms with Crippen molar-refractivity contribution in [2.75, 3.05) is 24.3 Å². The highest BCUT2D eigenvalue weighted by atomic mass is 79.9. The molecular formula is C16H18BrN3O. The Morgan fingerprint density at radius 2 is 2.00 bits per heavy atom. The van der Waals surface area contributed by atoms with E-state index in [0.717, 1.165) is 21.4 Å². The first-order chi connectivity index (χ1) is 9.97. The van der Waals surface area contributed by atoms with E-state index in [1.54, 1.807) is 6.07 Å². The summed E-state index contributed by atoms with van der Waals surface area (Å²) in [5.41, 5.74) is 8.96. The van der Waals surface area contributed by atoms with Crippen LogP contribution in [0.25, 0.3) is 0 Å². The van der Waals surface area contributed by atoms with Gasteiger partial charge in [-0.3, -0.25) is 4.79 Å². The summed E-state index contributed by atoms with van der Waals surface area (Å²) < 4.78 is 1.02. The fraction of sp³-hybridized carbons (Fsp3) is 0.188. The molecular weight excluding hydrogens is 330 g/mol. The smallest absolute Gasteiger partial charge is 0.248 e. The number of nitrogens with zero attached hydrogens (tertiary/aromatic N) is 1. The summed E-state index contributed by atoms with van der Waals surface area (Å²) in [6, 6.07) is 13.4. The molecule has 0 atom stereocenters. The molecule has 0 radical (unpaired) electrons. The Morgan fingerprint density at radius 1 is 1.24 bits per heavy atom. The summed E-state index contributed by atoms with van der Waals surface area (Å²) >= 11 is 3.48. The van der Waals surface area contributed by atoms with E-state index in [1.165, 1.54) is 0 Å². The third kappa shape index (κ3) is 3.98. The van der Waals surface area contributed by atoms with Crippen molar-refractivity contribution in [3.63, 3.8) is 0 Å². The largest absolute Gasteiger partial charge is 0.379 e. The molecule has 5 heteroatoms. The highest BCUT2D eigenvalue weighted by Gasteiger charge is 2.06. The van der Waals surface area contributed by atoms with Crippen LogP contribution in [0.5, 0.6) is 0 Å². The molecule has 4 nitrogen and oxygen atoms in total. The first-order valence-corrected chi connectivity index (χ1v) is 7.36. The fourth-order valence-electron chi connectivity index (χ4n) is 2.07.